The standard InChI is InChI=1S/C25H40N2O3/c1-3-14-30-22-12-8-19(9-13-22)15-24(28)26-16-20-10-11-21(17-26)27(20)25(29)23-7-5-4-6-18(23)2/h4-5,18-23H,3,6-17H2,1-2H3/t18-,19?,20-,21+,22?,23-/m1/s1. The van der Waals surface area contributed by atoms with Crippen LogP contribution in [-0.4, -0.2) is 59.5 Å². The maximum atomic E-state index is 13.3. The van der Waals surface area contributed by atoms with Gasteiger partial charge in [-0.15, -0.1) is 0 Å². The Morgan fingerprint density at radius 2 is 1.63 bits per heavy atom. The van der Waals surface area contributed by atoms with Gasteiger partial charge >= 0.3 is 0 Å². The van der Waals surface area contributed by atoms with E-state index in [9.17, 15) is 9.59 Å². The average Bonchev–Trinajstić information content (AvgIpc) is 3.02. The van der Waals surface area contributed by atoms with Crippen molar-refractivity contribution < 1.29 is 14.3 Å². The molecule has 4 aliphatic rings. The lowest BCUT2D eigenvalue weighted by atomic mass is 9.83. The maximum Gasteiger partial charge on any atom is 0.226 e. The largest absolute Gasteiger partial charge is 0.378 e. The van der Waals surface area contributed by atoms with Crippen LogP contribution in [0.1, 0.15) is 78.1 Å². The first kappa shape index (κ1) is 21.9. The fraction of sp³-hybridized carbons (Fsp3) is 0.840. The van der Waals surface area contributed by atoms with Crippen LogP contribution in [0.25, 0.3) is 0 Å². The summed E-state index contributed by atoms with van der Waals surface area (Å²) < 4.78 is 5.89. The van der Waals surface area contributed by atoms with E-state index in [0.29, 0.717) is 36.2 Å². The third kappa shape index (κ3) is 4.76. The Morgan fingerprint density at radius 1 is 0.967 bits per heavy atom. The smallest absolute Gasteiger partial charge is 0.226 e. The first-order chi connectivity index (χ1) is 14.6. The second kappa shape index (κ2) is 9.84. The first-order valence-corrected chi connectivity index (χ1v) is 12.4. The van der Waals surface area contributed by atoms with Gasteiger partial charge in [0.15, 0.2) is 0 Å². The van der Waals surface area contributed by atoms with Crippen LogP contribution in [0.2, 0.25) is 0 Å². The van der Waals surface area contributed by atoms with E-state index in [2.05, 4.69) is 35.8 Å². The zero-order chi connectivity index (χ0) is 21.1. The number of piperazine rings is 1. The van der Waals surface area contributed by atoms with Crippen LogP contribution in [-0.2, 0) is 14.3 Å². The van der Waals surface area contributed by atoms with Crippen molar-refractivity contribution >= 4 is 11.8 Å². The number of carbonyl (C=O) groups excluding carboxylic acids is 2. The number of ether oxygens (including phenoxy) is 1. The molecule has 30 heavy (non-hydrogen) atoms. The molecule has 5 nitrogen and oxygen atoms in total. The minimum atomic E-state index is 0.130. The summed E-state index contributed by atoms with van der Waals surface area (Å²) in [7, 11) is 0. The van der Waals surface area contributed by atoms with E-state index in [4.69, 9.17) is 4.74 Å². The molecule has 0 unspecified atom stereocenters. The number of fused-ring (bicyclic) bond motifs is 2. The molecule has 2 saturated heterocycles. The van der Waals surface area contributed by atoms with Gasteiger partial charge in [-0.1, -0.05) is 26.0 Å². The Bertz CT molecular complexity index is 626. The summed E-state index contributed by atoms with van der Waals surface area (Å²) >= 11 is 0. The normalized spacial score (nSPS) is 36.2. The fourth-order valence-electron chi connectivity index (χ4n) is 6.12. The number of hydrogen-bond donors (Lipinski definition) is 0. The van der Waals surface area contributed by atoms with Crippen LogP contribution < -0.4 is 0 Å². The third-order valence-electron chi connectivity index (χ3n) is 7.97. The van der Waals surface area contributed by atoms with Gasteiger partial charge in [-0.2, -0.15) is 0 Å². The highest BCUT2D eigenvalue weighted by Crippen LogP contribution is 2.36. The highest BCUT2D eigenvalue weighted by Gasteiger charge is 2.46. The molecule has 2 aliphatic carbocycles. The van der Waals surface area contributed by atoms with Gasteiger partial charge in [0.1, 0.15) is 0 Å². The molecule has 0 N–H and O–H groups in total. The lowest BCUT2D eigenvalue weighted by molar-refractivity contribution is -0.148. The van der Waals surface area contributed by atoms with Crippen molar-refractivity contribution in [3.63, 3.8) is 0 Å². The molecule has 2 amide bonds. The van der Waals surface area contributed by atoms with Gasteiger partial charge in [-0.3, -0.25) is 9.59 Å². The Balaban J connectivity index is 1.27. The molecular weight excluding hydrogens is 376 g/mol. The predicted molar refractivity (Wildman–Crippen MR) is 118 cm³/mol. The molecule has 168 valence electrons. The summed E-state index contributed by atoms with van der Waals surface area (Å²) in [5.41, 5.74) is 0. The topological polar surface area (TPSA) is 49.9 Å². The Labute approximate surface area is 182 Å². The molecule has 5 heteroatoms. The van der Waals surface area contributed by atoms with Crippen molar-refractivity contribution in [1.29, 1.82) is 0 Å². The van der Waals surface area contributed by atoms with Gasteiger partial charge in [0.25, 0.3) is 0 Å². The molecule has 2 heterocycles. The van der Waals surface area contributed by atoms with Gasteiger partial charge in [-0.25, -0.2) is 0 Å². The Hall–Kier alpha value is -1.36. The van der Waals surface area contributed by atoms with Crippen LogP contribution in [0.3, 0.4) is 0 Å². The van der Waals surface area contributed by atoms with Crippen molar-refractivity contribution in [1.82, 2.24) is 9.80 Å². The SMILES string of the molecule is CCCOC1CCC(CC(=O)N2C[C@H]3CC[C@@H](C2)N3C(=O)[C@@H]2CC=CC[C@H]2C)CC1. The summed E-state index contributed by atoms with van der Waals surface area (Å²) in [5, 5.41) is 0. The van der Waals surface area contributed by atoms with E-state index in [-0.39, 0.29) is 18.0 Å². The van der Waals surface area contributed by atoms with Crippen LogP contribution in [0.4, 0.5) is 0 Å². The van der Waals surface area contributed by atoms with E-state index in [1.54, 1.807) is 0 Å². The van der Waals surface area contributed by atoms with Crippen LogP contribution in [0.15, 0.2) is 12.2 Å². The summed E-state index contributed by atoms with van der Waals surface area (Å²) in [5.74, 6) is 1.72. The van der Waals surface area contributed by atoms with Gasteiger partial charge < -0.3 is 14.5 Å². The summed E-state index contributed by atoms with van der Waals surface area (Å²) in [6, 6.07) is 0.466. The van der Waals surface area contributed by atoms with E-state index < -0.39 is 0 Å². The molecule has 0 aromatic heterocycles. The van der Waals surface area contributed by atoms with E-state index >= 15 is 0 Å². The zero-order valence-corrected chi connectivity index (χ0v) is 18.9. The second-order valence-corrected chi connectivity index (χ2v) is 10.2. The van der Waals surface area contributed by atoms with E-state index in [1.165, 1.54) is 0 Å². The minimum Gasteiger partial charge on any atom is -0.378 e. The molecular formula is C25H40N2O3. The fourth-order valence-corrected chi connectivity index (χ4v) is 6.12. The molecule has 0 aromatic rings. The van der Waals surface area contributed by atoms with Crippen molar-refractivity contribution in [3.05, 3.63) is 12.2 Å². The van der Waals surface area contributed by atoms with Crippen molar-refractivity contribution in [3.8, 4) is 0 Å². The molecule has 4 rings (SSSR count). The van der Waals surface area contributed by atoms with E-state index in [0.717, 1.165) is 77.5 Å². The Morgan fingerprint density at radius 3 is 2.27 bits per heavy atom. The molecule has 0 spiro atoms. The molecule has 1 saturated carbocycles. The van der Waals surface area contributed by atoms with Crippen molar-refractivity contribution in [2.75, 3.05) is 19.7 Å². The molecule has 4 atom stereocenters. The second-order valence-electron chi connectivity index (χ2n) is 10.2. The van der Waals surface area contributed by atoms with Gasteiger partial charge in [-0.05, 0) is 69.6 Å². The van der Waals surface area contributed by atoms with Crippen LogP contribution in [0, 0.1) is 17.8 Å². The molecule has 0 aromatic carbocycles. The Kier molecular flexibility index (Phi) is 7.17. The zero-order valence-electron chi connectivity index (χ0n) is 18.9. The lowest BCUT2D eigenvalue weighted by Gasteiger charge is -2.43. The maximum absolute atomic E-state index is 13.3. The lowest BCUT2D eigenvalue weighted by Crippen LogP contribution is -2.58. The number of nitrogens with zero attached hydrogens (tertiary/aromatic N) is 2. The number of amides is 2. The highest BCUT2D eigenvalue weighted by molar-refractivity contribution is 5.82. The van der Waals surface area contributed by atoms with Crippen LogP contribution >= 0.6 is 0 Å². The highest BCUT2D eigenvalue weighted by atomic mass is 16.5. The number of allylic oxidation sites excluding steroid dienone is 2. The summed E-state index contributed by atoms with van der Waals surface area (Å²) in [6.45, 7) is 6.70. The van der Waals surface area contributed by atoms with Crippen molar-refractivity contribution in [2.45, 2.75) is 96.2 Å². The number of rotatable bonds is 6. The number of hydrogen-bond acceptors (Lipinski definition) is 3. The monoisotopic (exact) mass is 416 g/mol. The summed E-state index contributed by atoms with van der Waals surface area (Å²) in [4.78, 5) is 30.6. The molecule has 2 bridgehead atoms. The molecule has 3 fully saturated rings. The first-order valence-electron chi connectivity index (χ1n) is 12.4. The quantitative estimate of drug-likeness (QED) is 0.611. The number of carbonyl (C=O) groups is 2. The molecule has 0 radical (unpaired) electrons. The molecule has 2 aliphatic heterocycles. The predicted octanol–water partition coefficient (Wildman–Crippen LogP) is 4.17. The van der Waals surface area contributed by atoms with Gasteiger partial charge in [0, 0.05) is 44.1 Å². The van der Waals surface area contributed by atoms with Gasteiger partial charge in [0.2, 0.25) is 11.8 Å². The van der Waals surface area contributed by atoms with Crippen molar-refractivity contribution in [2.24, 2.45) is 17.8 Å². The average molecular weight is 417 g/mol. The van der Waals surface area contributed by atoms with Crippen LogP contribution in [0.5, 0.6) is 0 Å². The summed E-state index contributed by atoms with van der Waals surface area (Å²) in [6.07, 6.45) is 14.9. The minimum absolute atomic E-state index is 0.130. The van der Waals surface area contributed by atoms with E-state index in [1.807, 2.05) is 0 Å². The third-order valence-corrected chi connectivity index (χ3v) is 7.97. The number of likely N-dealkylation sites (tertiary alicyclic amines) is 1. The van der Waals surface area contributed by atoms with Gasteiger partial charge in [0.05, 0.1) is 6.10 Å².